The number of carboxylic acid groups (broad SMARTS) is 1. The summed E-state index contributed by atoms with van der Waals surface area (Å²) < 4.78 is 10.5. The van der Waals surface area contributed by atoms with Crippen molar-refractivity contribution in [3.8, 4) is 0 Å². The van der Waals surface area contributed by atoms with Gasteiger partial charge in [-0.05, 0) is 6.92 Å². The Morgan fingerprint density at radius 2 is 2.11 bits per heavy atom. The van der Waals surface area contributed by atoms with Crippen LogP contribution in [0.15, 0.2) is 0 Å². The quantitative estimate of drug-likeness (QED) is 0.677. The molecule has 2 aliphatic rings. The molecule has 1 amide bonds. The molecular formula is C12H20N2O5. The fourth-order valence-corrected chi connectivity index (χ4v) is 2.56. The highest BCUT2D eigenvalue weighted by Crippen LogP contribution is 2.21. The van der Waals surface area contributed by atoms with E-state index in [1.165, 1.54) is 0 Å². The van der Waals surface area contributed by atoms with Crippen LogP contribution in [-0.2, 0) is 19.1 Å². The molecule has 0 aromatic rings. The van der Waals surface area contributed by atoms with Crippen molar-refractivity contribution in [3.63, 3.8) is 0 Å². The summed E-state index contributed by atoms with van der Waals surface area (Å²) in [6.45, 7) is 4.33. The van der Waals surface area contributed by atoms with E-state index in [9.17, 15) is 9.59 Å². The smallest absolute Gasteiger partial charge is 0.311 e. The van der Waals surface area contributed by atoms with Gasteiger partial charge in [0.25, 0.3) is 0 Å². The van der Waals surface area contributed by atoms with Crippen LogP contribution >= 0.6 is 0 Å². The minimum Gasteiger partial charge on any atom is -0.481 e. The van der Waals surface area contributed by atoms with Crippen LogP contribution in [-0.4, -0.2) is 73.5 Å². The van der Waals surface area contributed by atoms with Crippen molar-refractivity contribution in [1.29, 1.82) is 0 Å². The first kappa shape index (κ1) is 14.2. The van der Waals surface area contributed by atoms with Gasteiger partial charge in [-0.15, -0.1) is 0 Å². The third-order valence-electron chi connectivity index (χ3n) is 3.61. The number of carbonyl (C=O) groups is 2. The number of carboxylic acids is 1. The van der Waals surface area contributed by atoms with Crippen LogP contribution in [0.25, 0.3) is 0 Å². The van der Waals surface area contributed by atoms with Crippen molar-refractivity contribution in [2.45, 2.75) is 19.0 Å². The zero-order chi connectivity index (χ0) is 13.8. The van der Waals surface area contributed by atoms with E-state index in [-0.39, 0.29) is 25.2 Å². The van der Waals surface area contributed by atoms with Crippen molar-refractivity contribution < 1.29 is 24.2 Å². The zero-order valence-electron chi connectivity index (χ0n) is 11.0. The van der Waals surface area contributed by atoms with E-state index in [0.29, 0.717) is 26.3 Å². The van der Waals surface area contributed by atoms with Gasteiger partial charge in [-0.1, -0.05) is 0 Å². The first-order valence-corrected chi connectivity index (χ1v) is 6.57. The average molecular weight is 272 g/mol. The highest BCUT2D eigenvalue weighted by molar-refractivity contribution is 5.83. The SMILES string of the molecule is CCN(C(=O)C1COCCN1)C1COCC1C(=O)O. The molecule has 0 aromatic carbocycles. The van der Waals surface area contributed by atoms with Gasteiger partial charge < -0.3 is 24.8 Å². The highest BCUT2D eigenvalue weighted by atomic mass is 16.5. The van der Waals surface area contributed by atoms with Gasteiger partial charge in [-0.25, -0.2) is 0 Å². The summed E-state index contributed by atoms with van der Waals surface area (Å²) in [4.78, 5) is 25.2. The van der Waals surface area contributed by atoms with Gasteiger partial charge in [0.15, 0.2) is 0 Å². The highest BCUT2D eigenvalue weighted by Gasteiger charge is 2.41. The molecule has 2 saturated heterocycles. The van der Waals surface area contributed by atoms with Crippen molar-refractivity contribution in [2.75, 3.05) is 39.5 Å². The number of ether oxygens (including phenoxy) is 2. The molecule has 0 aliphatic carbocycles. The Morgan fingerprint density at radius 1 is 1.32 bits per heavy atom. The monoisotopic (exact) mass is 272 g/mol. The molecule has 2 N–H and O–H groups in total. The van der Waals surface area contributed by atoms with Crippen molar-refractivity contribution in [1.82, 2.24) is 10.2 Å². The van der Waals surface area contributed by atoms with Gasteiger partial charge >= 0.3 is 5.97 Å². The van der Waals surface area contributed by atoms with Crippen LogP contribution in [0.2, 0.25) is 0 Å². The van der Waals surface area contributed by atoms with Gasteiger partial charge in [-0.2, -0.15) is 0 Å². The first-order chi connectivity index (χ1) is 9.15. The molecular weight excluding hydrogens is 252 g/mol. The van der Waals surface area contributed by atoms with E-state index in [2.05, 4.69) is 5.32 Å². The predicted octanol–water partition coefficient (Wildman–Crippen LogP) is -1.08. The minimum absolute atomic E-state index is 0.107. The summed E-state index contributed by atoms with van der Waals surface area (Å²) in [7, 11) is 0. The maximum atomic E-state index is 12.4. The molecule has 7 nitrogen and oxygen atoms in total. The summed E-state index contributed by atoms with van der Waals surface area (Å²) in [5, 5.41) is 12.3. The Balaban J connectivity index is 2.05. The molecule has 3 atom stereocenters. The number of amides is 1. The maximum Gasteiger partial charge on any atom is 0.311 e. The fraction of sp³-hybridized carbons (Fsp3) is 0.833. The van der Waals surface area contributed by atoms with Gasteiger partial charge in [0, 0.05) is 13.1 Å². The third kappa shape index (κ3) is 3.05. The second-order valence-electron chi connectivity index (χ2n) is 4.76. The van der Waals surface area contributed by atoms with E-state index >= 15 is 0 Å². The normalized spacial score (nSPS) is 31.1. The van der Waals surface area contributed by atoms with Crippen molar-refractivity contribution in [3.05, 3.63) is 0 Å². The molecule has 19 heavy (non-hydrogen) atoms. The van der Waals surface area contributed by atoms with Crippen LogP contribution in [0, 0.1) is 5.92 Å². The molecule has 0 spiro atoms. The standard InChI is InChI=1S/C12H20N2O5/c1-2-14(10-7-19-5-8(10)12(16)17)11(15)9-6-18-4-3-13-9/h8-10,13H,2-7H2,1H3,(H,16,17). The molecule has 0 radical (unpaired) electrons. The number of hydrogen-bond donors (Lipinski definition) is 2. The molecule has 2 rings (SSSR count). The maximum absolute atomic E-state index is 12.4. The Labute approximate surface area is 111 Å². The second kappa shape index (κ2) is 6.31. The summed E-state index contributed by atoms with van der Waals surface area (Å²) >= 11 is 0. The average Bonchev–Trinajstić information content (AvgIpc) is 2.90. The van der Waals surface area contributed by atoms with E-state index in [0.717, 1.165) is 0 Å². The second-order valence-corrected chi connectivity index (χ2v) is 4.76. The summed E-state index contributed by atoms with van der Waals surface area (Å²) in [5.74, 6) is -1.67. The molecule has 0 saturated carbocycles. The molecule has 2 aliphatic heterocycles. The van der Waals surface area contributed by atoms with Crippen molar-refractivity contribution >= 4 is 11.9 Å². The summed E-state index contributed by atoms with van der Waals surface area (Å²) in [6.07, 6.45) is 0. The lowest BCUT2D eigenvalue weighted by molar-refractivity contribution is -0.146. The lowest BCUT2D eigenvalue weighted by Gasteiger charge is -2.34. The number of aliphatic carboxylic acids is 1. The van der Waals surface area contributed by atoms with Gasteiger partial charge in [0.1, 0.15) is 12.0 Å². The molecule has 0 bridgehead atoms. The van der Waals surface area contributed by atoms with E-state index in [1.807, 2.05) is 6.92 Å². The Hall–Kier alpha value is -1.18. The molecule has 108 valence electrons. The predicted molar refractivity (Wildman–Crippen MR) is 65.7 cm³/mol. The number of rotatable bonds is 4. The van der Waals surface area contributed by atoms with Crippen LogP contribution < -0.4 is 5.32 Å². The van der Waals surface area contributed by atoms with Crippen LogP contribution in [0.3, 0.4) is 0 Å². The van der Waals surface area contributed by atoms with E-state index in [4.69, 9.17) is 14.6 Å². The minimum atomic E-state index is -0.915. The largest absolute Gasteiger partial charge is 0.481 e. The molecule has 3 unspecified atom stereocenters. The number of hydrogen-bond acceptors (Lipinski definition) is 5. The molecule has 0 aromatic heterocycles. The molecule has 7 heteroatoms. The first-order valence-electron chi connectivity index (χ1n) is 6.57. The topological polar surface area (TPSA) is 88.1 Å². The van der Waals surface area contributed by atoms with Crippen LogP contribution in [0.4, 0.5) is 0 Å². The Kier molecular flexibility index (Phi) is 4.73. The lowest BCUT2D eigenvalue weighted by atomic mass is 10.0. The third-order valence-corrected chi connectivity index (χ3v) is 3.61. The Bertz CT molecular complexity index is 343. The van der Waals surface area contributed by atoms with Gasteiger partial charge in [-0.3, -0.25) is 9.59 Å². The lowest BCUT2D eigenvalue weighted by Crippen LogP contribution is -2.56. The summed E-state index contributed by atoms with van der Waals surface area (Å²) in [5.41, 5.74) is 0. The number of morpholine rings is 1. The number of nitrogens with zero attached hydrogens (tertiary/aromatic N) is 1. The zero-order valence-corrected chi connectivity index (χ0v) is 11.0. The van der Waals surface area contributed by atoms with E-state index < -0.39 is 17.9 Å². The molecule has 2 fully saturated rings. The summed E-state index contributed by atoms with van der Waals surface area (Å²) in [6, 6.07) is -0.775. The number of likely N-dealkylation sites (N-methyl/N-ethyl adjacent to an activating group) is 1. The van der Waals surface area contributed by atoms with Crippen molar-refractivity contribution in [2.24, 2.45) is 5.92 Å². The number of nitrogens with one attached hydrogen (secondary N) is 1. The fourth-order valence-electron chi connectivity index (χ4n) is 2.56. The van der Waals surface area contributed by atoms with Gasteiger partial charge in [0.05, 0.1) is 32.5 Å². The van der Waals surface area contributed by atoms with Crippen LogP contribution in [0.5, 0.6) is 0 Å². The van der Waals surface area contributed by atoms with E-state index in [1.54, 1.807) is 4.90 Å². The van der Waals surface area contributed by atoms with Gasteiger partial charge in [0.2, 0.25) is 5.91 Å². The molecule has 2 heterocycles. The van der Waals surface area contributed by atoms with Crippen LogP contribution in [0.1, 0.15) is 6.92 Å². The number of carbonyl (C=O) groups excluding carboxylic acids is 1. The Morgan fingerprint density at radius 3 is 2.68 bits per heavy atom.